The Balaban J connectivity index is 0.00000200. The van der Waals surface area contributed by atoms with Crippen molar-refractivity contribution in [3.05, 3.63) is 35.4 Å². The molecule has 0 saturated heterocycles. The van der Waals surface area contributed by atoms with Gasteiger partial charge < -0.3 is 27.3 Å². The summed E-state index contributed by atoms with van der Waals surface area (Å²) in [6, 6.07) is 6.53. The van der Waals surface area contributed by atoms with Crippen molar-refractivity contribution in [2.45, 2.75) is 24.9 Å². The summed E-state index contributed by atoms with van der Waals surface area (Å²) >= 11 is 0. The molecule has 0 bridgehead atoms. The molecule has 1 amide bonds. The van der Waals surface area contributed by atoms with Crippen LogP contribution in [0.2, 0.25) is 0 Å². The van der Waals surface area contributed by atoms with E-state index in [0.29, 0.717) is 18.5 Å². The van der Waals surface area contributed by atoms with Crippen LogP contribution in [0.25, 0.3) is 0 Å². The molecule has 0 aliphatic carbocycles. The summed E-state index contributed by atoms with van der Waals surface area (Å²) in [4.78, 5) is 26.4. The van der Waals surface area contributed by atoms with E-state index in [0.717, 1.165) is 5.56 Å². The minimum atomic E-state index is -1.67. The lowest BCUT2D eigenvalue weighted by Crippen LogP contribution is -2.60. The van der Waals surface area contributed by atoms with Gasteiger partial charge in [0.15, 0.2) is 11.3 Å². The van der Waals surface area contributed by atoms with Crippen LogP contribution >= 0.6 is 0 Å². The number of carbonyl (C=O) groups is 2. The number of amides is 1. The second-order valence-electron chi connectivity index (χ2n) is 5.09. The van der Waals surface area contributed by atoms with Crippen molar-refractivity contribution in [2.24, 2.45) is 11.5 Å². The number of carbonyl (C=O) groups excluding carboxylic acids is 2. The maximum Gasteiger partial charge on any atom is 0.254 e. The monoisotopic (exact) mass is 297 g/mol. The first kappa shape index (κ1) is 19.2. The molecule has 1 aromatic rings. The number of ketones is 1. The number of fused-ring (bicyclic) bond motifs is 1. The van der Waals surface area contributed by atoms with Crippen molar-refractivity contribution >= 4 is 11.7 Å². The number of benzene rings is 1. The summed E-state index contributed by atoms with van der Waals surface area (Å²) in [5.41, 5.74) is 11.7. The molecule has 7 nitrogen and oxygen atoms in total. The fourth-order valence-corrected chi connectivity index (χ4v) is 2.53. The average molecular weight is 297 g/mol. The Kier molecular flexibility index (Phi) is 6.19. The number of nitrogens with zero attached hydrogens (tertiary/aromatic N) is 1. The summed E-state index contributed by atoms with van der Waals surface area (Å²) in [7, 11) is 1.66. The molecule has 7 heteroatoms. The van der Waals surface area contributed by atoms with Gasteiger partial charge in [-0.2, -0.15) is 0 Å². The molecule has 1 aromatic carbocycles. The average Bonchev–Trinajstić information content (AvgIpc) is 2.50. The molecule has 0 radical (unpaired) electrons. The first-order valence-electron chi connectivity index (χ1n) is 6.31. The number of likely N-dealkylation sites (N-methyl/N-ethyl adjacent to an activating group) is 1. The van der Waals surface area contributed by atoms with E-state index < -0.39 is 17.4 Å². The molecule has 2 rings (SSSR count). The Bertz CT molecular complexity index is 533. The normalized spacial score (nSPS) is 22.3. The van der Waals surface area contributed by atoms with Gasteiger partial charge in [-0.05, 0) is 24.5 Å². The van der Waals surface area contributed by atoms with Gasteiger partial charge in [0.05, 0.1) is 6.04 Å². The maximum absolute atomic E-state index is 12.5. The van der Waals surface area contributed by atoms with Gasteiger partial charge in [0.2, 0.25) is 0 Å². The zero-order valence-corrected chi connectivity index (χ0v) is 12.2. The fourth-order valence-electron chi connectivity index (χ4n) is 2.53. The highest BCUT2D eigenvalue weighted by atomic mass is 16.2. The van der Waals surface area contributed by atoms with Gasteiger partial charge in [0.1, 0.15) is 0 Å². The first-order valence-corrected chi connectivity index (χ1v) is 6.31. The number of hydrogen-bond acceptors (Lipinski definition) is 4. The Morgan fingerprint density at radius 2 is 1.90 bits per heavy atom. The summed E-state index contributed by atoms with van der Waals surface area (Å²) < 4.78 is 0. The topological polar surface area (TPSA) is 152 Å². The molecule has 0 spiro atoms. The van der Waals surface area contributed by atoms with E-state index in [-0.39, 0.29) is 16.9 Å². The lowest BCUT2D eigenvalue weighted by molar-refractivity contribution is -0.142. The second kappa shape index (κ2) is 6.77. The first-order chi connectivity index (χ1) is 8.89. The molecule has 118 valence electrons. The van der Waals surface area contributed by atoms with Crippen LogP contribution in [0.15, 0.2) is 24.3 Å². The van der Waals surface area contributed by atoms with Gasteiger partial charge in [-0.15, -0.1) is 0 Å². The van der Waals surface area contributed by atoms with Crippen LogP contribution in [0, 0.1) is 0 Å². The van der Waals surface area contributed by atoms with Crippen LogP contribution in [0.5, 0.6) is 0 Å². The molecule has 2 atom stereocenters. The lowest BCUT2D eigenvalue weighted by atomic mass is 9.81. The summed E-state index contributed by atoms with van der Waals surface area (Å²) in [6.45, 7) is 2.10. The molecule has 1 aliphatic rings. The number of rotatable bonds is 2. The molecule has 21 heavy (non-hydrogen) atoms. The van der Waals surface area contributed by atoms with Crippen LogP contribution in [0.4, 0.5) is 0 Å². The molecule has 0 fully saturated rings. The summed E-state index contributed by atoms with van der Waals surface area (Å²) in [5.74, 6) is -0.835. The van der Waals surface area contributed by atoms with Crippen LogP contribution < -0.4 is 11.5 Å². The molecule has 1 heterocycles. The largest absolute Gasteiger partial charge is 0.412 e. The molecule has 8 N–H and O–H groups in total. The Hall–Kier alpha value is -1.80. The summed E-state index contributed by atoms with van der Waals surface area (Å²) in [5, 5.41) is 0. The quantitative estimate of drug-likeness (QED) is 0.613. The third-order valence-corrected chi connectivity index (χ3v) is 3.65. The Labute approximate surface area is 123 Å². The van der Waals surface area contributed by atoms with Gasteiger partial charge in [0.25, 0.3) is 5.91 Å². The highest BCUT2D eigenvalue weighted by molar-refractivity contribution is 6.13. The third kappa shape index (κ3) is 2.96. The van der Waals surface area contributed by atoms with Crippen LogP contribution in [-0.2, 0) is 21.5 Å². The van der Waals surface area contributed by atoms with E-state index in [1.165, 1.54) is 4.90 Å². The van der Waals surface area contributed by atoms with Gasteiger partial charge >= 0.3 is 0 Å². The van der Waals surface area contributed by atoms with E-state index in [2.05, 4.69) is 0 Å². The highest BCUT2D eigenvalue weighted by Crippen LogP contribution is 2.29. The number of hydrogen-bond donors (Lipinski definition) is 2. The fraction of sp³-hybridized carbons (Fsp3) is 0.429. The van der Waals surface area contributed by atoms with Crippen molar-refractivity contribution < 1.29 is 20.5 Å². The maximum atomic E-state index is 12.5. The summed E-state index contributed by atoms with van der Waals surface area (Å²) in [6.07, 6.45) is 0.684. The van der Waals surface area contributed by atoms with Crippen molar-refractivity contribution in [2.75, 3.05) is 13.6 Å². The van der Waals surface area contributed by atoms with Crippen LogP contribution in [0.1, 0.15) is 18.1 Å². The zero-order valence-electron chi connectivity index (χ0n) is 12.2. The number of nitrogens with two attached hydrogens (primary N) is 2. The van der Waals surface area contributed by atoms with E-state index >= 15 is 0 Å². The van der Waals surface area contributed by atoms with Crippen molar-refractivity contribution in [3.8, 4) is 0 Å². The van der Waals surface area contributed by atoms with Gasteiger partial charge in [0, 0.05) is 13.6 Å². The van der Waals surface area contributed by atoms with Crippen molar-refractivity contribution in [1.29, 1.82) is 0 Å². The van der Waals surface area contributed by atoms with E-state index in [1.54, 1.807) is 26.1 Å². The van der Waals surface area contributed by atoms with Crippen LogP contribution in [0.3, 0.4) is 0 Å². The van der Waals surface area contributed by atoms with Crippen LogP contribution in [-0.4, -0.2) is 47.2 Å². The molecular weight excluding hydrogens is 274 g/mol. The van der Waals surface area contributed by atoms with Crippen molar-refractivity contribution in [3.63, 3.8) is 0 Å². The SMILES string of the molecule is C[C@H](N)C(=O)[C@]1(N)C(=O)N(C)CCc2ccccc21.O.O. The van der Waals surface area contributed by atoms with Gasteiger partial charge in [-0.3, -0.25) is 9.59 Å². The molecular formula is C14H23N3O4. The standard InChI is InChI=1S/C14H19N3O2.2H2O/c1-9(15)12(18)14(16)11-6-4-3-5-10(11)7-8-17(2)13(14)19;;/h3-6,9H,7-8,15-16H2,1-2H3;2*1H2/t9-,14-;;/m0../s1. The predicted molar refractivity (Wildman–Crippen MR) is 79.5 cm³/mol. The second-order valence-corrected chi connectivity index (χ2v) is 5.09. The molecule has 0 unspecified atom stereocenters. The Morgan fingerprint density at radius 1 is 1.33 bits per heavy atom. The third-order valence-electron chi connectivity index (χ3n) is 3.65. The lowest BCUT2D eigenvalue weighted by Gasteiger charge is -2.31. The van der Waals surface area contributed by atoms with Crippen molar-refractivity contribution in [1.82, 2.24) is 4.90 Å². The predicted octanol–water partition coefficient (Wildman–Crippen LogP) is -1.88. The highest BCUT2D eigenvalue weighted by Gasteiger charge is 2.48. The Morgan fingerprint density at radius 3 is 2.48 bits per heavy atom. The minimum absolute atomic E-state index is 0. The molecule has 1 aliphatic heterocycles. The smallest absolute Gasteiger partial charge is 0.254 e. The van der Waals surface area contributed by atoms with Gasteiger partial charge in [-0.25, -0.2) is 0 Å². The number of Topliss-reactive ketones (excluding diaryl/α,β-unsaturated/α-hetero) is 1. The van der Waals surface area contributed by atoms with E-state index in [1.807, 2.05) is 12.1 Å². The van der Waals surface area contributed by atoms with Gasteiger partial charge in [-0.1, -0.05) is 24.3 Å². The zero-order chi connectivity index (χ0) is 14.2. The van der Waals surface area contributed by atoms with E-state index in [9.17, 15) is 9.59 Å². The minimum Gasteiger partial charge on any atom is -0.412 e. The molecule has 0 saturated carbocycles. The molecule has 0 aromatic heterocycles. The van der Waals surface area contributed by atoms with E-state index in [4.69, 9.17) is 11.5 Å².